The molecule has 2 heterocycles. The lowest BCUT2D eigenvalue weighted by Gasteiger charge is -2.14. The van der Waals surface area contributed by atoms with Gasteiger partial charge < -0.3 is 15.4 Å². The van der Waals surface area contributed by atoms with Gasteiger partial charge in [-0.2, -0.15) is 5.10 Å². The van der Waals surface area contributed by atoms with E-state index in [1.165, 1.54) is 6.42 Å². The first kappa shape index (κ1) is 14.0. The van der Waals surface area contributed by atoms with E-state index in [0.29, 0.717) is 13.2 Å². The van der Waals surface area contributed by atoms with Gasteiger partial charge in [0.15, 0.2) is 0 Å². The zero-order valence-electron chi connectivity index (χ0n) is 11.4. The van der Waals surface area contributed by atoms with Crippen molar-refractivity contribution in [1.29, 1.82) is 0 Å². The van der Waals surface area contributed by atoms with Crippen LogP contribution in [-0.2, 0) is 16.1 Å². The highest BCUT2D eigenvalue weighted by atomic mass is 16.5. The Balaban J connectivity index is 1.85. The summed E-state index contributed by atoms with van der Waals surface area (Å²) >= 11 is 0. The molecular weight excluding hydrogens is 244 g/mol. The quantitative estimate of drug-likeness (QED) is 0.834. The number of aromatic nitrogens is 2. The van der Waals surface area contributed by atoms with Crippen LogP contribution < -0.4 is 10.6 Å². The van der Waals surface area contributed by atoms with Gasteiger partial charge in [0.2, 0.25) is 5.91 Å². The Kier molecular flexibility index (Phi) is 5.35. The van der Waals surface area contributed by atoms with Gasteiger partial charge in [-0.25, -0.2) is 0 Å². The molecule has 1 fully saturated rings. The van der Waals surface area contributed by atoms with Crippen molar-refractivity contribution in [2.45, 2.75) is 38.3 Å². The number of hydrogen-bond acceptors (Lipinski definition) is 4. The molecule has 0 saturated carbocycles. The summed E-state index contributed by atoms with van der Waals surface area (Å²) in [6, 6.07) is -0.0789. The van der Waals surface area contributed by atoms with Crippen molar-refractivity contribution >= 4 is 11.6 Å². The Morgan fingerprint density at radius 1 is 1.58 bits per heavy atom. The number of hydrogen-bond donors (Lipinski definition) is 2. The number of amides is 1. The highest BCUT2D eigenvalue weighted by molar-refractivity contribution is 5.94. The number of carbonyl (C=O) groups is 1. The molecule has 1 unspecified atom stereocenters. The van der Waals surface area contributed by atoms with Crippen LogP contribution in [0.15, 0.2) is 12.4 Å². The Morgan fingerprint density at radius 3 is 3.32 bits per heavy atom. The summed E-state index contributed by atoms with van der Waals surface area (Å²) in [5.74, 6) is 0.0354. The SMILES string of the molecule is COCCn1cc(NC(=O)C2CCCCCN2)cn1. The summed E-state index contributed by atoms with van der Waals surface area (Å²) in [7, 11) is 1.66. The second-order valence-corrected chi connectivity index (χ2v) is 4.83. The number of anilines is 1. The largest absolute Gasteiger partial charge is 0.383 e. The smallest absolute Gasteiger partial charge is 0.241 e. The van der Waals surface area contributed by atoms with Crippen LogP contribution in [0, 0.1) is 0 Å². The van der Waals surface area contributed by atoms with Crippen LogP contribution in [0.3, 0.4) is 0 Å². The molecule has 2 rings (SSSR count). The maximum absolute atomic E-state index is 12.1. The highest BCUT2D eigenvalue weighted by Crippen LogP contribution is 2.11. The Hall–Kier alpha value is -1.40. The van der Waals surface area contributed by atoms with E-state index in [4.69, 9.17) is 4.74 Å². The average molecular weight is 266 g/mol. The first-order valence-corrected chi connectivity index (χ1v) is 6.85. The third-order valence-corrected chi connectivity index (χ3v) is 3.30. The number of nitrogens with zero attached hydrogens (tertiary/aromatic N) is 2. The summed E-state index contributed by atoms with van der Waals surface area (Å²) in [5, 5.41) is 10.4. The van der Waals surface area contributed by atoms with Gasteiger partial charge in [-0.15, -0.1) is 0 Å². The number of rotatable bonds is 5. The number of methoxy groups -OCH3 is 1. The van der Waals surface area contributed by atoms with E-state index in [1.54, 1.807) is 18.0 Å². The molecule has 106 valence electrons. The van der Waals surface area contributed by atoms with Gasteiger partial charge in [0.05, 0.1) is 31.1 Å². The Labute approximate surface area is 113 Å². The first-order valence-electron chi connectivity index (χ1n) is 6.85. The maximum atomic E-state index is 12.1. The number of ether oxygens (including phenoxy) is 1. The zero-order chi connectivity index (χ0) is 13.5. The van der Waals surface area contributed by atoms with Crippen molar-refractivity contribution in [1.82, 2.24) is 15.1 Å². The fourth-order valence-corrected chi connectivity index (χ4v) is 2.22. The topological polar surface area (TPSA) is 68.2 Å². The van der Waals surface area contributed by atoms with Gasteiger partial charge in [-0.3, -0.25) is 9.48 Å². The molecule has 1 aliphatic rings. The molecule has 1 saturated heterocycles. The van der Waals surface area contributed by atoms with E-state index >= 15 is 0 Å². The molecule has 1 aliphatic heterocycles. The Bertz CT molecular complexity index is 397. The summed E-state index contributed by atoms with van der Waals surface area (Å²) in [6.07, 6.45) is 7.87. The lowest BCUT2D eigenvalue weighted by Crippen LogP contribution is -2.39. The molecule has 0 bridgehead atoms. The second-order valence-electron chi connectivity index (χ2n) is 4.83. The van der Waals surface area contributed by atoms with Gasteiger partial charge in [0, 0.05) is 13.3 Å². The van der Waals surface area contributed by atoms with Gasteiger partial charge >= 0.3 is 0 Å². The first-order chi connectivity index (χ1) is 9.29. The summed E-state index contributed by atoms with van der Waals surface area (Å²) in [4.78, 5) is 12.1. The van der Waals surface area contributed by atoms with Gasteiger partial charge in [-0.05, 0) is 19.4 Å². The fourth-order valence-electron chi connectivity index (χ4n) is 2.22. The average Bonchev–Trinajstić information content (AvgIpc) is 2.68. The van der Waals surface area contributed by atoms with Crippen molar-refractivity contribution in [2.24, 2.45) is 0 Å². The predicted octanol–water partition coefficient (Wildman–Crippen LogP) is 1.00. The molecule has 2 N–H and O–H groups in total. The van der Waals surface area contributed by atoms with Crippen LogP contribution in [0.1, 0.15) is 25.7 Å². The fraction of sp³-hybridized carbons (Fsp3) is 0.692. The zero-order valence-corrected chi connectivity index (χ0v) is 11.4. The summed E-state index contributed by atoms with van der Waals surface area (Å²) < 4.78 is 6.75. The Morgan fingerprint density at radius 2 is 2.47 bits per heavy atom. The molecule has 1 atom stereocenters. The van der Waals surface area contributed by atoms with Gasteiger partial charge in [-0.1, -0.05) is 12.8 Å². The molecule has 19 heavy (non-hydrogen) atoms. The molecular formula is C13H22N4O2. The minimum Gasteiger partial charge on any atom is -0.383 e. The summed E-state index contributed by atoms with van der Waals surface area (Å²) in [6.45, 7) is 2.22. The lowest BCUT2D eigenvalue weighted by molar-refractivity contribution is -0.118. The van der Waals surface area contributed by atoms with E-state index in [9.17, 15) is 4.79 Å². The third kappa shape index (κ3) is 4.33. The van der Waals surface area contributed by atoms with Crippen LogP contribution in [-0.4, -0.2) is 42.0 Å². The van der Waals surface area contributed by atoms with Crippen LogP contribution in [0.4, 0.5) is 5.69 Å². The monoisotopic (exact) mass is 266 g/mol. The molecule has 0 aromatic carbocycles. The van der Waals surface area contributed by atoms with Crippen LogP contribution in [0.2, 0.25) is 0 Å². The standard InChI is InChI=1S/C13H22N4O2/c1-19-8-7-17-10-11(9-15-17)16-13(18)12-5-3-2-4-6-14-12/h9-10,12,14H,2-8H2,1H3,(H,16,18). The summed E-state index contributed by atoms with van der Waals surface area (Å²) in [5.41, 5.74) is 0.743. The molecule has 0 spiro atoms. The van der Waals surface area contributed by atoms with E-state index in [1.807, 2.05) is 6.20 Å². The third-order valence-electron chi connectivity index (χ3n) is 3.30. The van der Waals surface area contributed by atoms with Crippen molar-refractivity contribution in [3.63, 3.8) is 0 Å². The van der Waals surface area contributed by atoms with E-state index < -0.39 is 0 Å². The van der Waals surface area contributed by atoms with Crippen molar-refractivity contribution in [2.75, 3.05) is 25.6 Å². The van der Waals surface area contributed by atoms with Crippen molar-refractivity contribution in [3.8, 4) is 0 Å². The second kappa shape index (κ2) is 7.25. The van der Waals surface area contributed by atoms with Gasteiger partial charge in [0.1, 0.15) is 0 Å². The number of nitrogens with one attached hydrogen (secondary N) is 2. The van der Waals surface area contributed by atoms with Crippen molar-refractivity contribution < 1.29 is 9.53 Å². The van der Waals surface area contributed by atoms with Crippen LogP contribution in [0.25, 0.3) is 0 Å². The van der Waals surface area contributed by atoms with Crippen LogP contribution in [0.5, 0.6) is 0 Å². The van der Waals surface area contributed by atoms with E-state index in [-0.39, 0.29) is 11.9 Å². The molecule has 0 radical (unpaired) electrons. The van der Waals surface area contributed by atoms with Gasteiger partial charge in [0.25, 0.3) is 0 Å². The van der Waals surface area contributed by atoms with E-state index in [0.717, 1.165) is 31.5 Å². The molecule has 6 nitrogen and oxygen atoms in total. The minimum absolute atomic E-state index is 0.0354. The van der Waals surface area contributed by atoms with E-state index in [2.05, 4.69) is 15.7 Å². The molecule has 1 amide bonds. The maximum Gasteiger partial charge on any atom is 0.241 e. The normalized spacial score (nSPS) is 19.9. The molecule has 1 aromatic rings. The lowest BCUT2D eigenvalue weighted by atomic mass is 10.1. The number of carbonyl (C=O) groups excluding carboxylic acids is 1. The minimum atomic E-state index is -0.0789. The molecule has 6 heteroatoms. The van der Waals surface area contributed by atoms with Crippen molar-refractivity contribution in [3.05, 3.63) is 12.4 Å². The predicted molar refractivity (Wildman–Crippen MR) is 73.0 cm³/mol. The molecule has 0 aliphatic carbocycles. The highest BCUT2D eigenvalue weighted by Gasteiger charge is 2.19. The molecule has 1 aromatic heterocycles. The van der Waals surface area contributed by atoms with Crippen LogP contribution >= 0.6 is 0 Å².